The molecule has 9 nitrogen and oxygen atoms in total. The zero-order valence-electron chi connectivity index (χ0n) is 21.0. The Balaban J connectivity index is 1.26. The number of nitrogens with one attached hydrogen (secondary N) is 4. The molecular formula is C26H33ClN8O. The van der Waals surface area contributed by atoms with Crippen molar-refractivity contribution in [1.29, 1.82) is 0 Å². The van der Waals surface area contributed by atoms with E-state index in [-0.39, 0.29) is 5.91 Å². The third-order valence-corrected chi connectivity index (χ3v) is 7.41. The van der Waals surface area contributed by atoms with E-state index in [0.29, 0.717) is 41.0 Å². The summed E-state index contributed by atoms with van der Waals surface area (Å²) in [4.78, 5) is 22.9. The Hall–Kier alpha value is -3.17. The number of likely N-dealkylation sites (N-methyl/N-ethyl adjacent to an activating group) is 1. The van der Waals surface area contributed by atoms with E-state index in [9.17, 15) is 4.79 Å². The molecule has 36 heavy (non-hydrogen) atoms. The molecule has 1 aliphatic carbocycles. The van der Waals surface area contributed by atoms with Gasteiger partial charge in [0.2, 0.25) is 11.9 Å². The molecular weight excluding hydrogens is 476 g/mol. The molecule has 0 atom stereocenters. The number of piperidine rings is 1. The van der Waals surface area contributed by atoms with Crippen molar-refractivity contribution in [2.75, 3.05) is 37.3 Å². The first-order valence-electron chi connectivity index (χ1n) is 12.6. The van der Waals surface area contributed by atoms with Crippen LogP contribution in [0.15, 0.2) is 24.4 Å². The van der Waals surface area contributed by atoms with Gasteiger partial charge in [-0.15, -0.1) is 0 Å². The van der Waals surface area contributed by atoms with Crippen molar-refractivity contribution in [3.63, 3.8) is 0 Å². The minimum Gasteiger partial charge on any atom is -0.358 e. The largest absolute Gasteiger partial charge is 0.358 e. The molecule has 1 saturated carbocycles. The maximum atomic E-state index is 11.7. The molecule has 3 aromatic rings. The molecule has 0 unspecified atom stereocenters. The molecule has 0 bridgehead atoms. The minimum absolute atomic E-state index is 0.0750. The zero-order chi connectivity index (χ0) is 25.2. The molecule has 10 heteroatoms. The normalized spacial score (nSPS) is 16.7. The van der Waals surface area contributed by atoms with Gasteiger partial charge in [0.05, 0.1) is 12.7 Å². The van der Waals surface area contributed by atoms with Gasteiger partial charge in [-0.2, -0.15) is 10.1 Å². The molecule has 0 spiro atoms. The summed E-state index contributed by atoms with van der Waals surface area (Å²) >= 11 is 6.36. The maximum Gasteiger partial charge on any atom is 0.233 e. The lowest BCUT2D eigenvalue weighted by atomic mass is 9.85. The van der Waals surface area contributed by atoms with Crippen molar-refractivity contribution in [1.82, 2.24) is 30.4 Å². The number of anilines is 4. The lowest BCUT2D eigenvalue weighted by Gasteiger charge is -2.32. The molecule has 1 amide bonds. The quantitative estimate of drug-likeness (QED) is 0.347. The number of benzene rings is 1. The number of carbonyl (C=O) groups excluding carboxylic acids is 1. The summed E-state index contributed by atoms with van der Waals surface area (Å²) in [7, 11) is 1.69. The third kappa shape index (κ3) is 5.63. The predicted molar refractivity (Wildman–Crippen MR) is 143 cm³/mol. The number of halogens is 1. The average molecular weight is 509 g/mol. The van der Waals surface area contributed by atoms with E-state index < -0.39 is 0 Å². The average Bonchev–Trinajstić information content (AvgIpc) is 3.62. The molecule has 4 N–H and O–H groups in total. The SMILES string of the molecule is CNC(=O)CN1CCC(c2cc(C)c(Nc3ncc(Cl)c(Nc4cc(C5CC5)[nH]n4)n3)cc2C)CC1. The number of aryl methyl sites for hydroxylation is 2. The van der Waals surface area contributed by atoms with E-state index in [1.165, 1.54) is 24.0 Å². The molecule has 5 rings (SSSR count). The number of rotatable bonds is 8. The number of amides is 1. The van der Waals surface area contributed by atoms with Gasteiger partial charge in [-0.1, -0.05) is 17.7 Å². The summed E-state index contributed by atoms with van der Waals surface area (Å²) in [6.07, 6.45) is 6.11. The van der Waals surface area contributed by atoms with Crippen molar-refractivity contribution in [2.45, 2.75) is 51.4 Å². The molecule has 2 fully saturated rings. The van der Waals surface area contributed by atoms with E-state index in [4.69, 9.17) is 11.6 Å². The number of nitrogens with zero attached hydrogens (tertiary/aromatic N) is 4. The Morgan fingerprint density at radius 1 is 1.08 bits per heavy atom. The van der Waals surface area contributed by atoms with Crippen molar-refractivity contribution >= 4 is 40.8 Å². The van der Waals surface area contributed by atoms with Crippen LogP contribution in [0.25, 0.3) is 0 Å². The van der Waals surface area contributed by atoms with Crippen LogP contribution in [0.4, 0.5) is 23.3 Å². The summed E-state index contributed by atoms with van der Waals surface area (Å²) in [6, 6.07) is 6.45. The Kier molecular flexibility index (Phi) is 7.11. The topological polar surface area (TPSA) is 111 Å². The fourth-order valence-electron chi connectivity index (χ4n) is 4.86. The summed E-state index contributed by atoms with van der Waals surface area (Å²) in [5.74, 6) is 2.84. The second-order valence-corrected chi connectivity index (χ2v) is 10.3. The monoisotopic (exact) mass is 508 g/mol. The summed E-state index contributed by atoms with van der Waals surface area (Å²) in [5, 5.41) is 17.1. The standard InChI is InChI=1S/C26H33ClN8O/c1-15-11-21(16(2)10-19(15)17-6-8-35(9-7-17)14-24(36)28-3)30-26-29-13-20(27)25(32-26)31-23-12-22(33-34-23)18-4-5-18/h10-13,17-18H,4-9,14H2,1-3H3,(H,28,36)(H3,29,30,31,32,33,34). The van der Waals surface area contributed by atoms with Gasteiger partial charge in [0.25, 0.3) is 0 Å². The lowest BCUT2D eigenvalue weighted by Crippen LogP contribution is -2.40. The lowest BCUT2D eigenvalue weighted by molar-refractivity contribution is -0.122. The Morgan fingerprint density at radius 3 is 2.58 bits per heavy atom. The van der Waals surface area contributed by atoms with Gasteiger partial charge < -0.3 is 16.0 Å². The van der Waals surface area contributed by atoms with Crippen LogP contribution in [-0.2, 0) is 4.79 Å². The van der Waals surface area contributed by atoms with Crippen molar-refractivity contribution in [3.05, 3.63) is 51.8 Å². The molecule has 1 aromatic carbocycles. The van der Waals surface area contributed by atoms with Crippen molar-refractivity contribution < 1.29 is 4.79 Å². The molecule has 190 valence electrons. The van der Waals surface area contributed by atoms with Crippen molar-refractivity contribution in [2.24, 2.45) is 0 Å². The number of carbonyl (C=O) groups is 1. The smallest absolute Gasteiger partial charge is 0.233 e. The highest BCUT2D eigenvalue weighted by Gasteiger charge is 2.26. The van der Waals surface area contributed by atoms with Crippen LogP contribution < -0.4 is 16.0 Å². The van der Waals surface area contributed by atoms with Crippen LogP contribution in [0.1, 0.15) is 59.9 Å². The van der Waals surface area contributed by atoms with E-state index in [2.05, 4.69) is 67.0 Å². The minimum atomic E-state index is 0.0750. The summed E-state index contributed by atoms with van der Waals surface area (Å²) in [5.41, 5.74) is 5.87. The first-order chi connectivity index (χ1) is 17.4. The van der Waals surface area contributed by atoms with Crippen LogP contribution in [-0.4, -0.2) is 57.7 Å². The molecule has 1 aliphatic heterocycles. The number of hydrogen-bond donors (Lipinski definition) is 4. The van der Waals surface area contributed by atoms with Gasteiger partial charge in [0.1, 0.15) is 5.02 Å². The van der Waals surface area contributed by atoms with Gasteiger partial charge >= 0.3 is 0 Å². The number of H-pyrrole nitrogens is 1. The Labute approximate surface area is 216 Å². The van der Waals surface area contributed by atoms with E-state index >= 15 is 0 Å². The fraction of sp³-hybridized carbons (Fsp3) is 0.462. The highest BCUT2D eigenvalue weighted by molar-refractivity contribution is 6.32. The molecule has 2 aliphatic rings. The highest BCUT2D eigenvalue weighted by atomic mass is 35.5. The van der Waals surface area contributed by atoms with Gasteiger partial charge in [-0.25, -0.2) is 4.98 Å². The van der Waals surface area contributed by atoms with Gasteiger partial charge in [-0.3, -0.25) is 14.8 Å². The van der Waals surface area contributed by atoms with Crippen LogP contribution in [0, 0.1) is 13.8 Å². The Morgan fingerprint density at radius 2 is 1.86 bits per heavy atom. The van der Waals surface area contributed by atoms with E-state index in [1.807, 2.05) is 6.07 Å². The fourth-order valence-corrected chi connectivity index (χ4v) is 5.00. The molecule has 0 radical (unpaired) electrons. The third-order valence-electron chi connectivity index (χ3n) is 7.14. The second kappa shape index (κ2) is 10.4. The van der Waals surface area contributed by atoms with E-state index in [0.717, 1.165) is 42.9 Å². The Bertz CT molecular complexity index is 1250. The number of hydrogen-bond acceptors (Lipinski definition) is 7. The summed E-state index contributed by atoms with van der Waals surface area (Å²) < 4.78 is 0. The van der Waals surface area contributed by atoms with Crippen LogP contribution in [0.5, 0.6) is 0 Å². The summed E-state index contributed by atoms with van der Waals surface area (Å²) in [6.45, 7) is 6.60. The maximum absolute atomic E-state index is 11.7. The van der Waals surface area contributed by atoms with Gasteiger partial charge in [0.15, 0.2) is 11.6 Å². The molecule has 2 aromatic heterocycles. The number of aromatic amines is 1. The first-order valence-corrected chi connectivity index (χ1v) is 12.9. The molecule has 1 saturated heterocycles. The van der Waals surface area contributed by atoms with E-state index in [1.54, 1.807) is 13.2 Å². The second-order valence-electron chi connectivity index (χ2n) is 9.87. The van der Waals surface area contributed by atoms with Gasteiger partial charge in [0, 0.05) is 30.4 Å². The van der Waals surface area contributed by atoms with Crippen LogP contribution in [0.2, 0.25) is 5.02 Å². The predicted octanol–water partition coefficient (Wildman–Crippen LogP) is 4.76. The number of likely N-dealkylation sites (tertiary alicyclic amines) is 1. The zero-order valence-corrected chi connectivity index (χ0v) is 21.7. The van der Waals surface area contributed by atoms with Crippen molar-refractivity contribution in [3.8, 4) is 0 Å². The highest BCUT2D eigenvalue weighted by Crippen LogP contribution is 2.40. The van der Waals surface area contributed by atoms with Crippen LogP contribution >= 0.6 is 11.6 Å². The number of aromatic nitrogens is 4. The first kappa shape index (κ1) is 24.5. The van der Waals surface area contributed by atoms with Crippen LogP contribution in [0.3, 0.4) is 0 Å². The molecule has 3 heterocycles. The van der Waals surface area contributed by atoms with Gasteiger partial charge in [-0.05, 0) is 81.3 Å².